The molecule has 0 amide bonds. The molecule has 0 fully saturated rings. The first-order valence-corrected chi connectivity index (χ1v) is 14.1. The molecular formula is C22H16MgN4O8S4+2. The van der Waals surface area contributed by atoms with Gasteiger partial charge in [0.1, 0.15) is 31.6 Å². The van der Waals surface area contributed by atoms with Crippen LogP contribution in [0.4, 0.5) is 0 Å². The molecule has 12 nitrogen and oxygen atoms in total. The molecule has 0 saturated carbocycles. The Hall–Kier alpha value is -2.83. The number of phenolic OH excluding ortho intramolecular Hbond substituents is 2. The van der Waals surface area contributed by atoms with Gasteiger partial charge in [0.15, 0.2) is 12.1 Å². The largest absolute Gasteiger partial charge is 2.00 e. The summed E-state index contributed by atoms with van der Waals surface area (Å²) in [6.07, 6.45) is 0. The minimum absolute atomic E-state index is 0. The molecule has 0 saturated heterocycles. The fraction of sp³-hybridized carbons (Fsp3) is 0.182. The van der Waals surface area contributed by atoms with Crippen LogP contribution in [0.5, 0.6) is 11.5 Å². The van der Waals surface area contributed by atoms with Crippen LogP contribution in [-0.4, -0.2) is 99.1 Å². The average molecular weight is 617 g/mol. The number of aliphatic carboxylic acids is 2. The summed E-state index contributed by atoms with van der Waals surface area (Å²) in [5, 5.41) is 39.3. The molecule has 2 aliphatic rings. The van der Waals surface area contributed by atoms with Gasteiger partial charge < -0.3 is 20.4 Å². The van der Waals surface area contributed by atoms with Gasteiger partial charge in [0.2, 0.25) is 0 Å². The summed E-state index contributed by atoms with van der Waals surface area (Å²) in [6.45, 7) is 0. The molecule has 17 heteroatoms. The van der Waals surface area contributed by atoms with E-state index in [1.165, 1.54) is 46.2 Å². The Morgan fingerprint density at radius 3 is 1.44 bits per heavy atom. The number of benzene rings is 2. The number of aromatic hydroxyl groups is 2. The van der Waals surface area contributed by atoms with E-state index in [-0.39, 0.29) is 34.6 Å². The Morgan fingerprint density at radius 1 is 0.718 bits per heavy atom. The quantitative estimate of drug-likeness (QED) is 0.243. The topological polar surface area (TPSA) is 200 Å². The Kier molecular flexibility index (Phi) is 10.6. The van der Waals surface area contributed by atoms with Crippen LogP contribution in [0.15, 0.2) is 46.4 Å². The van der Waals surface area contributed by atoms with Crippen molar-refractivity contribution in [2.75, 3.05) is 11.5 Å². The summed E-state index contributed by atoms with van der Waals surface area (Å²) in [5.41, 5.74) is 1.57. The fourth-order valence-corrected chi connectivity index (χ4v) is 7.44. The van der Waals surface area contributed by atoms with E-state index < -0.39 is 24.0 Å². The molecule has 2 aromatic carbocycles. The summed E-state index contributed by atoms with van der Waals surface area (Å²) in [6, 6.07) is 8.57. The van der Waals surface area contributed by atoms with Gasteiger partial charge in [0, 0.05) is 21.4 Å². The molecule has 39 heavy (non-hydrogen) atoms. The number of hydrogen-bond acceptors (Lipinski definition) is 14. The van der Waals surface area contributed by atoms with Crippen LogP contribution in [-0.2, 0) is 9.59 Å². The molecule has 0 radical (unpaired) electrons. The third-order valence-corrected chi connectivity index (χ3v) is 9.40. The fourth-order valence-electron chi connectivity index (χ4n) is 3.24. The maximum atomic E-state index is 10.8. The van der Waals surface area contributed by atoms with Crippen molar-refractivity contribution in [3.8, 4) is 11.5 Å². The molecule has 0 bridgehead atoms. The second-order valence-electron chi connectivity index (χ2n) is 7.54. The summed E-state index contributed by atoms with van der Waals surface area (Å²) in [4.78, 5) is 52.7. The van der Waals surface area contributed by atoms with Crippen LogP contribution in [0.2, 0.25) is 0 Å². The zero-order valence-corrected chi connectivity index (χ0v) is 24.3. The summed E-state index contributed by atoms with van der Waals surface area (Å²) in [7, 11) is 0. The molecule has 4 aromatic rings. The van der Waals surface area contributed by atoms with Gasteiger partial charge in [-0.2, -0.15) is 0 Å². The van der Waals surface area contributed by atoms with Gasteiger partial charge in [-0.05, 0) is 36.4 Å². The summed E-state index contributed by atoms with van der Waals surface area (Å²) in [5.74, 6) is -0.519. The zero-order chi connectivity index (χ0) is 27.4. The molecule has 0 spiro atoms. The van der Waals surface area contributed by atoms with Gasteiger partial charge in [0.25, 0.3) is 0 Å². The first-order valence-electron chi connectivity index (χ1n) is 10.5. The molecular weight excluding hydrogens is 601 g/mol. The molecule has 2 aliphatic heterocycles. The van der Waals surface area contributed by atoms with Gasteiger partial charge in [-0.25, -0.2) is 19.6 Å². The molecule has 6 rings (SSSR count). The number of nitrogens with zero attached hydrogens (tertiary/aromatic N) is 4. The van der Waals surface area contributed by atoms with Crippen LogP contribution in [0.3, 0.4) is 0 Å². The van der Waals surface area contributed by atoms with E-state index in [2.05, 4.69) is 20.0 Å². The van der Waals surface area contributed by atoms with Crippen molar-refractivity contribution in [3.05, 3.63) is 56.3 Å². The van der Waals surface area contributed by atoms with Gasteiger partial charge in [-0.1, -0.05) is 0 Å². The van der Waals surface area contributed by atoms with Crippen LogP contribution < -0.4 is 0 Å². The van der Waals surface area contributed by atoms with Crippen LogP contribution in [0, 0.1) is 9.93 Å². The second-order valence-corrected chi connectivity index (χ2v) is 11.6. The Labute approximate surface area is 251 Å². The number of aliphatic imine (C=N–C) groups is 2. The third-order valence-electron chi connectivity index (χ3n) is 4.98. The van der Waals surface area contributed by atoms with E-state index in [0.29, 0.717) is 31.6 Å². The summed E-state index contributed by atoms with van der Waals surface area (Å²) >= 11 is 5.63. The molecule has 4 heterocycles. The Bertz CT molecular complexity index is 1470. The first kappa shape index (κ1) is 30.7. The van der Waals surface area contributed by atoms with Crippen molar-refractivity contribution in [1.82, 2.24) is 9.97 Å². The molecule has 2 aromatic heterocycles. The van der Waals surface area contributed by atoms with E-state index in [1.807, 2.05) is 0 Å². The SMILES string of the molecule is O=C(O)C1CSC(c2nc3ccc(O)cc3s2)=N1.O=C(O)C1CSC(c2nc3ccc(O)cc3s2)=N1.O=O.[Mg+2]. The summed E-state index contributed by atoms with van der Waals surface area (Å²) < 4.78 is 1.74. The van der Waals surface area contributed by atoms with E-state index >= 15 is 0 Å². The number of rotatable bonds is 4. The number of fused-ring (bicyclic) bond motifs is 2. The van der Waals surface area contributed by atoms with Gasteiger partial charge in [-0.15, -0.1) is 46.2 Å². The minimum atomic E-state index is -0.906. The number of carboxylic acids is 2. The van der Waals surface area contributed by atoms with Crippen LogP contribution in [0.1, 0.15) is 10.0 Å². The van der Waals surface area contributed by atoms with E-state index in [1.54, 1.807) is 36.4 Å². The van der Waals surface area contributed by atoms with Crippen molar-refractivity contribution in [2.45, 2.75) is 12.1 Å². The monoisotopic (exact) mass is 616 g/mol. The number of carboxylic acid groups (broad SMARTS) is 2. The maximum Gasteiger partial charge on any atom is 2.00 e. The smallest absolute Gasteiger partial charge is 0.508 e. The normalized spacial score (nSPS) is 17.7. The van der Waals surface area contributed by atoms with E-state index in [4.69, 9.17) is 20.1 Å². The van der Waals surface area contributed by atoms with Gasteiger partial charge in [-0.3, -0.25) is 9.98 Å². The van der Waals surface area contributed by atoms with Gasteiger partial charge in [0.05, 0.1) is 20.4 Å². The van der Waals surface area contributed by atoms with Crippen LogP contribution in [0.25, 0.3) is 20.4 Å². The van der Waals surface area contributed by atoms with E-state index in [0.717, 1.165) is 20.4 Å². The van der Waals surface area contributed by atoms with Crippen molar-refractivity contribution < 1.29 is 30.0 Å². The average Bonchev–Trinajstić information content (AvgIpc) is 3.69. The number of thioether (sulfide) groups is 2. The number of carbonyl (C=O) groups is 2. The second kappa shape index (κ2) is 13.5. The van der Waals surface area contributed by atoms with Crippen molar-refractivity contribution in [3.63, 3.8) is 0 Å². The van der Waals surface area contributed by atoms with E-state index in [9.17, 15) is 19.8 Å². The predicted octanol–water partition coefficient (Wildman–Crippen LogP) is 3.58. The Balaban J connectivity index is 0.000000198. The van der Waals surface area contributed by atoms with Crippen molar-refractivity contribution in [2.24, 2.45) is 9.98 Å². The number of phenols is 2. The third kappa shape index (κ3) is 7.23. The minimum Gasteiger partial charge on any atom is -0.508 e. The Morgan fingerprint density at radius 2 is 1.10 bits per heavy atom. The predicted molar refractivity (Wildman–Crippen MR) is 156 cm³/mol. The first-order chi connectivity index (χ1) is 18.3. The zero-order valence-electron chi connectivity index (χ0n) is 19.6. The molecule has 196 valence electrons. The van der Waals surface area contributed by atoms with Crippen LogP contribution >= 0.6 is 46.2 Å². The number of aromatic nitrogens is 2. The molecule has 2 unspecified atom stereocenters. The number of thiazole rings is 2. The standard InChI is InChI=1S/2C11H8N2O3S2.Mg.O2/c2*14-5-1-2-6-8(3-5)18-10(12-6)9-13-7(4-17-9)11(15)16;;1-2/h2*1-3,7,14H,4H2,(H,15,16);;/q;;+2;. The van der Waals surface area contributed by atoms with Gasteiger partial charge >= 0.3 is 35.0 Å². The molecule has 4 N–H and O–H groups in total. The number of hydrogen-bond donors (Lipinski definition) is 4. The maximum absolute atomic E-state index is 10.8. The molecule has 2 atom stereocenters. The van der Waals surface area contributed by atoms with Crippen molar-refractivity contribution >= 4 is 112 Å². The van der Waals surface area contributed by atoms with Crippen molar-refractivity contribution in [1.29, 1.82) is 0 Å². The molecule has 0 aliphatic carbocycles.